The first-order valence-corrected chi connectivity index (χ1v) is 8.15. The number of anilines is 2. The van der Waals surface area contributed by atoms with E-state index in [0.717, 1.165) is 19.3 Å². The van der Waals surface area contributed by atoms with E-state index in [2.05, 4.69) is 31.7 Å². The van der Waals surface area contributed by atoms with Gasteiger partial charge in [-0.1, -0.05) is 6.07 Å². The van der Waals surface area contributed by atoms with Crippen molar-refractivity contribution in [1.82, 2.24) is 15.0 Å². The zero-order valence-electron chi connectivity index (χ0n) is 13.9. The molecule has 2 heterocycles. The van der Waals surface area contributed by atoms with E-state index in [1.165, 1.54) is 17.5 Å². The van der Waals surface area contributed by atoms with Gasteiger partial charge in [0.25, 0.3) is 5.91 Å². The van der Waals surface area contributed by atoms with Crippen LogP contribution in [-0.2, 0) is 12.8 Å². The van der Waals surface area contributed by atoms with Crippen molar-refractivity contribution in [2.24, 2.45) is 5.73 Å². The molecule has 0 saturated carbocycles. The molecule has 0 spiro atoms. The standard InChI is InChI=1S/C17H22N6O/c1-10(2)21-16-13(15(18)24)9-20-17(23-16)22-12-5-6-14-11(8-12)4-3-7-19-14/h3-4,7,9-10,12H,5-6,8H2,1-2H3,(H2,18,24)(H2,20,21,22,23)/t12-/m0/s1. The molecule has 2 aromatic heterocycles. The lowest BCUT2D eigenvalue weighted by Gasteiger charge is -2.25. The van der Waals surface area contributed by atoms with Gasteiger partial charge < -0.3 is 16.4 Å². The minimum absolute atomic E-state index is 0.137. The fraction of sp³-hybridized carbons (Fsp3) is 0.412. The Hall–Kier alpha value is -2.70. The Bertz CT molecular complexity index is 746. The third-order valence-corrected chi connectivity index (χ3v) is 3.99. The molecule has 24 heavy (non-hydrogen) atoms. The number of carbonyl (C=O) groups is 1. The maximum Gasteiger partial charge on any atom is 0.254 e. The molecule has 4 N–H and O–H groups in total. The van der Waals surface area contributed by atoms with Crippen LogP contribution in [-0.4, -0.2) is 32.9 Å². The van der Waals surface area contributed by atoms with Crippen LogP contribution in [0.25, 0.3) is 0 Å². The summed E-state index contributed by atoms with van der Waals surface area (Å²) in [6.07, 6.45) is 6.10. The van der Waals surface area contributed by atoms with E-state index >= 15 is 0 Å². The molecule has 0 fully saturated rings. The molecular formula is C17H22N6O. The number of hydrogen-bond acceptors (Lipinski definition) is 6. The van der Waals surface area contributed by atoms with Gasteiger partial charge in [0, 0.05) is 30.2 Å². The number of aromatic nitrogens is 3. The van der Waals surface area contributed by atoms with Gasteiger partial charge in [0.05, 0.1) is 5.56 Å². The number of pyridine rings is 1. The van der Waals surface area contributed by atoms with E-state index in [0.29, 0.717) is 17.3 Å². The average molecular weight is 326 g/mol. The summed E-state index contributed by atoms with van der Waals surface area (Å²) in [6.45, 7) is 3.95. The highest BCUT2D eigenvalue weighted by molar-refractivity contribution is 5.97. The van der Waals surface area contributed by atoms with Gasteiger partial charge in [-0.3, -0.25) is 9.78 Å². The van der Waals surface area contributed by atoms with Crippen molar-refractivity contribution < 1.29 is 4.79 Å². The summed E-state index contributed by atoms with van der Waals surface area (Å²) < 4.78 is 0. The van der Waals surface area contributed by atoms with Crippen molar-refractivity contribution >= 4 is 17.7 Å². The van der Waals surface area contributed by atoms with Crippen LogP contribution in [0.5, 0.6) is 0 Å². The van der Waals surface area contributed by atoms with Crippen molar-refractivity contribution in [3.63, 3.8) is 0 Å². The topological polar surface area (TPSA) is 106 Å². The van der Waals surface area contributed by atoms with E-state index in [1.54, 1.807) is 0 Å². The molecule has 0 bridgehead atoms. The van der Waals surface area contributed by atoms with Gasteiger partial charge in [-0.2, -0.15) is 4.98 Å². The molecule has 7 nitrogen and oxygen atoms in total. The summed E-state index contributed by atoms with van der Waals surface area (Å²) in [5, 5.41) is 6.51. The first kappa shape index (κ1) is 16.2. The van der Waals surface area contributed by atoms with Gasteiger partial charge in [0.2, 0.25) is 5.95 Å². The van der Waals surface area contributed by atoms with Gasteiger partial charge in [0.15, 0.2) is 0 Å². The number of nitrogens with two attached hydrogens (primary N) is 1. The van der Waals surface area contributed by atoms with Crippen LogP contribution < -0.4 is 16.4 Å². The first-order valence-electron chi connectivity index (χ1n) is 8.15. The number of rotatable bonds is 5. The molecule has 0 aromatic carbocycles. The van der Waals surface area contributed by atoms with Crippen LogP contribution in [0.1, 0.15) is 41.9 Å². The number of nitrogens with zero attached hydrogens (tertiary/aromatic N) is 3. The third kappa shape index (κ3) is 3.61. The van der Waals surface area contributed by atoms with Gasteiger partial charge in [-0.25, -0.2) is 4.98 Å². The van der Waals surface area contributed by atoms with Gasteiger partial charge in [0.1, 0.15) is 5.82 Å². The number of carbonyl (C=O) groups excluding carboxylic acids is 1. The summed E-state index contributed by atoms with van der Waals surface area (Å²) in [5.74, 6) is 0.427. The Labute approximate surface area is 141 Å². The summed E-state index contributed by atoms with van der Waals surface area (Å²) in [4.78, 5) is 24.6. The molecule has 3 rings (SSSR count). The van der Waals surface area contributed by atoms with E-state index in [1.807, 2.05) is 26.1 Å². The van der Waals surface area contributed by atoms with E-state index in [4.69, 9.17) is 5.73 Å². The lowest BCUT2D eigenvalue weighted by Crippen LogP contribution is -2.29. The Kier molecular flexibility index (Phi) is 4.59. The van der Waals surface area contributed by atoms with Crippen LogP contribution in [0.3, 0.4) is 0 Å². The van der Waals surface area contributed by atoms with Crippen molar-refractivity contribution in [2.45, 2.75) is 45.2 Å². The highest BCUT2D eigenvalue weighted by Gasteiger charge is 2.20. The minimum Gasteiger partial charge on any atom is -0.367 e. The summed E-state index contributed by atoms with van der Waals surface area (Å²) in [5.41, 5.74) is 8.12. The number of fused-ring (bicyclic) bond motifs is 1. The van der Waals surface area contributed by atoms with Crippen molar-refractivity contribution in [2.75, 3.05) is 10.6 Å². The molecule has 1 atom stereocenters. The van der Waals surface area contributed by atoms with Gasteiger partial charge in [-0.15, -0.1) is 0 Å². The Morgan fingerprint density at radius 2 is 2.21 bits per heavy atom. The van der Waals surface area contributed by atoms with Crippen LogP contribution in [0.15, 0.2) is 24.5 Å². The highest BCUT2D eigenvalue weighted by Crippen LogP contribution is 2.22. The molecule has 0 radical (unpaired) electrons. The number of nitrogens with one attached hydrogen (secondary N) is 2. The Morgan fingerprint density at radius 3 is 2.96 bits per heavy atom. The molecule has 7 heteroatoms. The van der Waals surface area contributed by atoms with Gasteiger partial charge in [-0.05, 0) is 44.7 Å². The quantitative estimate of drug-likeness (QED) is 0.773. The zero-order chi connectivity index (χ0) is 17.1. The van der Waals surface area contributed by atoms with Gasteiger partial charge >= 0.3 is 0 Å². The molecule has 0 saturated heterocycles. The zero-order valence-corrected chi connectivity index (χ0v) is 13.9. The summed E-state index contributed by atoms with van der Waals surface area (Å²) in [7, 11) is 0. The predicted octanol–water partition coefficient (Wildman–Crippen LogP) is 1.76. The lowest BCUT2D eigenvalue weighted by molar-refractivity contribution is 0.100. The Balaban J connectivity index is 1.77. The predicted molar refractivity (Wildman–Crippen MR) is 93.0 cm³/mol. The smallest absolute Gasteiger partial charge is 0.254 e. The number of hydrogen-bond donors (Lipinski definition) is 3. The second kappa shape index (κ2) is 6.82. The number of aryl methyl sites for hydroxylation is 1. The normalized spacial score (nSPS) is 16.5. The van der Waals surface area contributed by atoms with Crippen LogP contribution in [0.2, 0.25) is 0 Å². The van der Waals surface area contributed by atoms with Crippen molar-refractivity contribution in [3.05, 3.63) is 41.3 Å². The van der Waals surface area contributed by atoms with Crippen molar-refractivity contribution in [3.8, 4) is 0 Å². The SMILES string of the molecule is CC(C)Nc1nc(N[C@H]2CCc3ncccc3C2)ncc1C(N)=O. The van der Waals surface area contributed by atoms with Crippen LogP contribution in [0.4, 0.5) is 11.8 Å². The maximum absolute atomic E-state index is 11.5. The summed E-state index contributed by atoms with van der Waals surface area (Å²) >= 11 is 0. The van der Waals surface area contributed by atoms with Crippen LogP contribution in [0, 0.1) is 0 Å². The van der Waals surface area contributed by atoms with E-state index in [9.17, 15) is 4.79 Å². The van der Waals surface area contributed by atoms with E-state index < -0.39 is 5.91 Å². The molecule has 2 aromatic rings. The van der Waals surface area contributed by atoms with Crippen molar-refractivity contribution in [1.29, 1.82) is 0 Å². The van der Waals surface area contributed by atoms with E-state index in [-0.39, 0.29) is 12.1 Å². The fourth-order valence-electron chi connectivity index (χ4n) is 2.88. The lowest BCUT2D eigenvalue weighted by atomic mass is 9.92. The second-order valence-corrected chi connectivity index (χ2v) is 6.31. The summed E-state index contributed by atoms with van der Waals surface area (Å²) in [6, 6.07) is 4.45. The maximum atomic E-state index is 11.5. The molecule has 1 aliphatic rings. The highest BCUT2D eigenvalue weighted by atomic mass is 16.1. The molecule has 1 aliphatic carbocycles. The monoisotopic (exact) mass is 326 g/mol. The number of amides is 1. The molecule has 126 valence electrons. The average Bonchev–Trinajstić information content (AvgIpc) is 2.54. The molecule has 1 amide bonds. The molecule has 0 unspecified atom stereocenters. The largest absolute Gasteiger partial charge is 0.367 e. The Morgan fingerprint density at radius 1 is 1.38 bits per heavy atom. The third-order valence-electron chi connectivity index (χ3n) is 3.99. The second-order valence-electron chi connectivity index (χ2n) is 6.31. The number of primary amides is 1. The minimum atomic E-state index is -0.539. The molecular weight excluding hydrogens is 304 g/mol. The van der Waals surface area contributed by atoms with Crippen LogP contribution >= 0.6 is 0 Å². The first-order chi connectivity index (χ1) is 11.5. The fourth-order valence-corrected chi connectivity index (χ4v) is 2.88. The molecule has 0 aliphatic heterocycles.